The van der Waals surface area contributed by atoms with E-state index < -0.39 is 0 Å². The topological polar surface area (TPSA) is 40.5 Å². The minimum Gasteiger partial charge on any atom is -0.393 e. The van der Waals surface area contributed by atoms with E-state index in [0.29, 0.717) is 6.42 Å². The number of hydrogen-bond acceptors (Lipinski definition) is 2. The fourth-order valence-electron chi connectivity index (χ4n) is 0.852. The van der Waals surface area contributed by atoms with E-state index >= 15 is 0 Å². The van der Waals surface area contributed by atoms with E-state index in [2.05, 4.69) is 0 Å². The summed E-state index contributed by atoms with van der Waals surface area (Å²) < 4.78 is 0. The third-order valence-electron chi connectivity index (χ3n) is 2.16. The number of aliphatic hydroxyl groups is 2. The van der Waals surface area contributed by atoms with Crippen LogP contribution in [0, 0.1) is 11.8 Å². The standard InChI is InChI=1S/C11H22O2/c1-8(2)10(12)6-5-7-11(13)9(3)4/h5-6,8-13H,7H2,1-4H3/b6-5-/t10-,11-/m0/s1. The summed E-state index contributed by atoms with van der Waals surface area (Å²) in [5.74, 6) is 0.522. The highest BCUT2D eigenvalue weighted by molar-refractivity contribution is 4.91. The second-order valence-electron chi connectivity index (χ2n) is 4.21. The van der Waals surface area contributed by atoms with Crippen molar-refractivity contribution < 1.29 is 10.2 Å². The second-order valence-corrected chi connectivity index (χ2v) is 4.21. The van der Waals surface area contributed by atoms with Crippen molar-refractivity contribution in [3.05, 3.63) is 12.2 Å². The van der Waals surface area contributed by atoms with Crippen LogP contribution in [-0.2, 0) is 0 Å². The predicted octanol–water partition coefficient (Wildman–Crippen LogP) is 1.97. The van der Waals surface area contributed by atoms with Gasteiger partial charge in [-0.1, -0.05) is 39.8 Å². The molecule has 0 fully saturated rings. The van der Waals surface area contributed by atoms with Crippen LogP contribution in [0.25, 0.3) is 0 Å². The van der Waals surface area contributed by atoms with Crippen molar-refractivity contribution in [1.82, 2.24) is 0 Å². The Balaban J connectivity index is 3.74. The summed E-state index contributed by atoms with van der Waals surface area (Å²) in [6, 6.07) is 0. The molecule has 0 amide bonds. The normalized spacial score (nSPS) is 17.2. The van der Waals surface area contributed by atoms with E-state index in [1.807, 2.05) is 33.8 Å². The summed E-state index contributed by atoms with van der Waals surface area (Å²) in [5, 5.41) is 18.9. The summed E-state index contributed by atoms with van der Waals surface area (Å²) in [6.07, 6.45) is 3.56. The van der Waals surface area contributed by atoms with Crippen LogP contribution < -0.4 is 0 Å². The molecule has 13 heavy (non-hydrogen) atoms. The molecule has 0 aliphatic heterocycles. The smallest absolute Gasteiger partial charge is 0.0743 e. The molecule has 0 unspecified atom stereocenters. The van der Waals surface area contributed by atoms with Gasteiger partial charge in [-0.15, -0.1) is 0 Å². The van der Waals surface area contributed by atoms with Gasteiger partial charge >= 0.3 is 0 Å². The van der Waals surface area contributed by atoms with Crippen LogP contribution in [0.15, 0.2) is 12.2 Å². The summed E-state index contributed by atoms with van der Waals surface area (Å²) in [5.41, 5.74) is 0. The van der Waals surface area contributed by atoms with Gasteiger partial charge in [0.25, 0.3) is 0 Å². The third-order valence-corrected chi connectivity index (χ3v) is 2.16. The molecule has 0 radical (unpaired) electrons. The van der Waals surface area contributed by atoms with Gasteiger partial charge in [-0.25, -0.2) is 0 Å². The zero-order valence-corrected chi connectivity index (χ0v) is 9.07. The number of hydrogen-bond donors (Lipinski definition) is 2. The van der Waals surface area contributed by atoms with Crippen molar-refractivity contribution in [1.29, 1.82) is 0 Å². The van der Waals surface area contributed by atoms with Gasteiger partial charge in [-0.2, -0.15) is 0 Å². The molecule has 2 nitrogen and oxygen atoms in total. The predicted molar refractivity (Wildman–Crippen MR) is 55.4 cm³/mol. The highest BCUT2D eigenvalue weighted by atomic mass is 16.3. The molecule has 0 aliphatic carbocycles. The van der Waals surface area contributed by atoms with Crippen LogP contribution in [0.2, 0.25) is 0 Å². The van der Waals surface area contributed by atoms with Crippen molar-refractivity contribution in [2.45, 2.75) is 46.3 Å². The minimum absolute atomic E-state index is 0.243. The molecule has 0 saturated carbocycles. The maximum Gasteiger partial charge on any atom is 0.0743 e. The van der Waals surface area contributed by atoms with Crippen molar-refractivity contribution in [2.24, 2.45) is 11.8 Å². The van der Waals surface area contributed by atoms with Crippen molar-refractivity contribution >= 4 is 0 Å². The molecular weight excluding hydrogens is 164 g/mol. The third kappa shape index (κ3) is 5.83. The zero-order valence-electron chi connectivity index (χ0n) is 9.07. The molecule has 0 spiro atoms. The highest BCUT2D eigenvalue weighted by Gasteiger charge is 2.07. The Morgan fingerprint density at radius 3 is 1.92 bits per heavy atom. The number of aliphatic hydroxyl groups excluding tert-OH is 2. The second kappa shape index (κ2) is 6.17. The summed E-state index contributed by atoms with van der Waals surface area (Å²) in [7, 11) is 0. The van der Waals surface area contributed by atoms with Crippen LogP contribution in [0.1, 0.15) is 34.1 Å². The first-order valence-corrected chi connectivity index (χ1v) is 4.98. The van der Waals surface area contributed by atoms with E-state index in [9.17, 15) is 10.2 Å². The lowest BCUT2D eigenvalue weighted by atomic mass is 10.0. The zero-order chi connectivity index (χ0) is 10.4. The molecule has 0 aromatic heterocycles. The largest absolute Gasteiger partial charge is 0.393 e. The Bertz CT molecular complexity index is 150. The van der Waals surface area contributed by atoms with E-state index in [1.54, 1.807) is 6.08 Å². The first-order chi connectivity index (χ1) is 5.95. The molecule has 0 aromatic rings. The highest BCUT2D eigenvalue weighted by Crippen LogP contribution is 2.08. The Labute approximate surface area is 81.3 Å². The van der Waals surface area contributed by atoms with Gasteiger partial charge in [-0.05, 0) is 18.3 Å². The molecule has 0 saturated heterocycles. The average Bonchev–Trinajstić information content (AvgIpc) is 2.03. The van der Waals surface area contributed by atoms with E-state index in [0.717, 1.165) is 0 Å². The monoisotopic (exact) mass is 186 g/mol. The number of rotatable bonds is 5. The molecule has 78 valence electrons. The van der Waals surface area contributed by atoms with E-state index in [4.69, 9.17) is 0 Å². The van der Waals surface area contributed by atoms with Crippen molar-refractivity contribution in [2.75, 3.05) is 0 Å². The molecule has 0 rings (SSSR count). The van der Waals surface area contributed by atoms with Gasteiger partial charge in [0.2, 0.25) is 0 Å². The molecule has 0 aliphatic rings. The Morgan fingerprint density at radius 2 is 1.54 bits per heavy atom. The molecule has 0 bridgehead atoms. The molecule has 2 N–H and O–H groups in total. The van der Waals surface area contributed by atoms with Gasteiger partial charge in [0.15, 0.2) is 0 Å². The summed E-state index contributed by atoms with van der Waals surface area (Å²) in [4.78, 5) is 0. The van der Waals surface area contributed by atoms with Gasteiger partial charge in [0.05, 0.1) is 12.2 Å². The quantitative estimate of drug-likeness (QED) is 0.644. The first-order valence-electron chi connectivity index (χ1n) is 4.98. The molecule has 2 atom stereocenters. The SMILES string of the molecule is CC(C)[C@@H](O)/C=C\C[C@H](O)C(C)C. The Morgan fingerprint density at radius 1 is 1.00 bits per heavy atom. The van der Waals surface area contributed by atoms with Gasteiger partial charge < -0.3 is 10.2 Å². The molecular formula is C11H22O2. The lowest BCUT2D eigenvalue weighted by Crippen LogP contribution is -2.14. The lowest BCUT2D eigenvalue weighted by molar-refractivity contribution is 0.127. The van der Waals surface area contributed by atoms with Gasteiger partial charge in [-0.3, -0.25) is 0 Å². The first kappa shape index (κ1) is 12.7. The average molecular weight is 186 g/mol. The summed E-state index contributed by atoms with van der Waals surface area (Å²) in [6.45, 7) is 7.90. The van der Waals surface area contributed by atoms with E-state index in [1.165, 1.54) is 0 Å². The van der Waals surface area contributed by atoms with Gasteiger partial charge in [0, 0.05) is 0 Å². The van der Waals surface area contributed by atoms with Gasteiger partial charge in [0.1, 0.15) is 0 Å². The Hall–Kier alpha value is -0.340. The fraction of sp³-hybridized carbons (Fsp3) is 0.818. The fourth-order valence-corrected chi connectivity index (χ4v) is 0.852. The van der Waals surface area contributed by atoms with Crippen LogP contribution in [0.4, 0.5) is 0 Å². The van der Waals surface area contributed by atoms with Crippen LogP contribution in [0.5, 0.6) is 0 Å². The van der Waals surface area contributed by atoms with Crippen LogP contribution in [-0.4, -0.2) is 22.4 Å². The maximum atomic E-state index is 9.45. The van der Waals surface area contributed by atoms with Crippen LogP contribution in [0.3, 0.4) is 0 Å². The van der Waals surface area contributed by atoms with Crippen molar-refractivity contribution in [3.63, 3.8) is 0 Å². The summed E-state index contributed by atoms with van der Waals surface area (Å²) >= 11 is 0. The van der Waals surface area contributed by atoms with Crippen LogP contribution >= 0.6 is 0 Å². The van der Waals surface area contributed by atoms with Crippen molar-refractivity contribution in [3.8, 4) is 0 Å². The molecule has 0 aromatic carbocycles. The lowest BCUT2D eigenvalue weighted by Gasteiger charge is -2.12. The Kier molecular flexibility index (Phi) is 6.00. The maximum absolute atomic E-state index is 9.45. The molecule has 0 heterocycles. The molecule has 2 heteroatoms. The minimum atomic E-state index is -0.389. The van der Waals surface area contributed by atoms with E-state index in [-0.39, 0.29) is 24.0 Å².